The van der Waals surface area contributed by atoms with E-state index in [1.807, 2.05) is 6.92 Å². The summed E-state index contributed by atoms with van der Waals surface area (Å²) in [6.07, 6.45) is -0.624. The van der Waals surface area contributed by atoms with Crippen LogP contribution in [0.5, 0.6) is 0 Å². The number of hydrogen-bond acceptors (Lipinski definition) is 5. The molecule has 0 amide bonds. The fourth-order valence-electron chi connectivity index (χ4n) is 1.73. The van der Waals surface area contributed by atoms with E-state index in [0.717, 1.165) is 9.44 Å². The van der Waals surface area contributed by atoms with Gasteiger partial charge in [0.2, 0.25) is 0 Å². The molecule has 2 aromatic heterocycles. The Labute approximate surface area is 107 Å². The van der Waals surface area contributed by atoms with Crippen molar-refractivity contribution in [2.75, 3.05) is 14.2 Å². The number of nitrogens with zero attached hydrogens (tertiary/aromatic N) is 1. The van der Waals surface area contributed by atoms with E-state index in [1.165, 1.54) is 25.6 Å². The maximum atomic E-state index is 12.2. The van der Waals surface area contributed by atoms with Gasteiger partial charge in [-0.05, 0) is 13.0 Å². The molecular formula is C11H14N2O4S. The number of aromatic amines is 1. The highest BCUT2D eigenvalue weighted by Crippen LogP contribution is 2.18. The Bertz CT molecular complexity index is 666. The molecule has 2 heterocycles. The van der Waals surface area contributed by atoms with Gasteiger partial charge in [-0.1, -0.05) is 0 Å². The lowest BCUT2D eigenvalue weighted by atomic mass is 10.3. The van der Waals surface area contributed by atoms with E-state index in [1.54, 1.807) is 6.07 Å². The van der Waals surface area contributed by atoms with Crippen molar-refractivity contribution in [1.29, 1.82) is 0 Å². The SMILES string of the molecule is COC(Cn1c(=O)[nH]c2sc(C)cc2c1=O)OC. The summed E-state index contributed by atoms with van der Waals surface area (Å²) in [6, 6.07) is 1.77. The van der Waals surface area contributed by atoms with Gasteiger partial charge in [-0.2, -0.15) is 0 Å². The number of fused-ring (bicyclic) bond motifs is 1. The largest absolute Gasteiger partial charge is 0.354 e. The van der Waals surface area contributed by atoms with Gasteiger partial charge in [-0.3, -0.25) is 14.3 Å². The Balaban J connectivity index is 2.57. The highest BCUT2D eigenvalue weighted by molar-refractivity contribution is 7.18. The number of nitrogens with one attached hydrogen (secondary N) is 1. The van der Waals surface area contributed by atoms with E-state index in [2.05, 4.69) is 4.98 Å². The van der Waals surface area contributed by atoms with Crippen molar-refractivity contribution >= 4 is 21.6 Å². The molecule has 0 unspecified atom stereocenters. The molecule has 0 atom stereocenters. The molecule has 18 heavy (non-hydrogen) atoms. The van der Waals surface area contributed by atoms with Crippen molar-refractivity contribution in [2.45, 2.75) is 19.8 Å². The van der Waals surface area contributed by atoms with E-state index >= 15 is 0 Å². The second kappa shape index (κ2) is 5.05. The van der Waals surface area contributed by atoms with Crippen LogP contribution >= 0.6 is 11.3 Å². The maximum Gasteiger partial charge on any atom is 0.329 e. The Morgan fingerprint density at radius 3 is 2.67 bits per heavy atom. The highest BCUT2D eigenvalue weighted by Gasteiger charge is 2.14. The van der Waals surface area contributed by atoms with Gasteiger partial charge in [0.1, 0.15) is 4.83 Å². The van der Waals surface area contributed by atoms with Crippen LogP contribution < -0.4 is 11.2 Å². The van der Waals surface area contributed by atoms with Crippen LogP contribution in [-0.2, 0) is 16.0 Å². The molecule has 6 nitrogen and oxygen atoms in total. The Morgan fingerprint density at radius 2 is 2.06 bits per heavy atom. The first-order valence-corrected chi connectivity index (χ1v) is 6.17. The first-order chi connectivity index (χ1) is 8.56. The third-order valence-electron chi connectivity index (χ3n) is 2.65. The van der Waals surface area contributed by atoms with Crippen LogP contribution in [0.2, 0.25) is 0 Å². The summed E-state index contributed by atoms with van der Waals surface area (Å²) in [7, 11) is 2.92. The van der Waals surface area contributed by atoms with Crippen LogP contribution in [0.15, 0.2) is 15.7 Å². The number of aromatic nitrogens is 2. The van der Waals surface area contributed by atoms with Gasteiger partial charge in [0.25, 0.3) is 5.56 Å². The highest BCUT2D eigenvalue weighted by atomic mass is 32.1. The van der Waals surface area contributed by atoms with Crippen molar-refractivity contribution in [1.82, 2.24) is 9.55 Å². The van der Waals surface area contributed by atoms with Crippen molar-refractivity contribution in [3.05, 3.63) is 31.8 Å². The van der Waals surface area contributed by atoms with Gasteiger partial charge in [0.15, 0.2) is 6.29 Å². The zero-order chi connectivity index (χ0) is 13.3. The molecule has 0 bridgehead atoms. The lowest BCUT2D eigenvalue weighted by Crippen LogP contribution is -2.39. The maximum absolute atomic E-state index is 12.2. The fraction of sp³-hybridized carbons (Fsp3) is 0.455. The van der Waals surface area contributed by atoms with E-state index in [9.17, 15) is 9.59 Å². The molecule has 0 saturated carbocycles. The van der Waals surface area contributed by atoms with E-state index in [4.69, 9.17) is 9.47 Å². The number of thiophene rings is 1. The lowest BCUT2D eigenvalue weighted by Gasteiger charge is -2.13. The van der Waals surface area contributed by atoms with E-state index in [-0.39, 0.29) is 12.1 Å². The monoisotopic (exact) mass is 270 g/mol. The molecule has 2 rings (SSSR count). The average Bonchev–Trinajstić information content (AvgIpc) is 2.70. The molecule has 98 valence electrons. The molecule has 0 aliphatic rings. The Morgan fingerprint density at radius 1 is 1.39 bits per heavy atom. The summed E-state index contributed by atoms with van der Waals surface area (Å²) in [5.41, 5.74) is -0.773. The number of ether oxygens (including phenoxy) is 2. The molecule has 0 spiro atoms. The standard InChI is InChI=1S/C11H14N2O4S/c1-6-4-7-9(18-6)12-11(15)13(10(7)14)5-8(16-2)17-3/h4,8H,5H2,1-3H3,(H,12,15). The molecule has 2 aromatic rings. The van der Waals surface area contributed by atoms with Crippen LogP contribution in [0.1, 0.15) is 4.88 Å². The molecule has 0 aromatic carbocycles. The number of rotatable bonds is 4. The summed E-state index contributed by atoms with van der Waals surface area (Å²) >= 11 is 1.39. The lowest BCUT2D eigenvalue weighted by molar-refractivity contribution is -0.111. The van der Waals surface area contributed by atoms with Crippen molar-refractivity contribution in [3.63, 3.8) is 0 Å². The number of methoxy groups -OCH3 is 2. The first-order valence-electron chi connectivity index (χ1n) is 5.35. The summed E-state index contributed by atoms with van der Waals surface area (Å²) in [5, 5.41) is 0.517. The summed E-state index contributed by atoms with van der Waals surface area (Å²) in [5.74, 6) is 0. The molecule has 0 fully saturated rings. The summed E-state index contributed by atoms with van der Waals surface area (Å²) < 4.78 is 11.1. The third kappa shape index (κ3) is 2.24. The van der Waals surface area contributed by atoms with E-state index < -0.39 is 12.0 Å². The van der Waals surface area contributed by atoms with E-state index in [0.29, 0.717) is 10.2 Å². The third-order valence-corrected chi connectivity index (χ3v) is 3.62. The Kier molecular flexibility index (Phi) is 3.65. The molecular weight excluding hydrogens is 256 g/mol. The van der Waals surface area contributed by atoms with Gasteiger partial charge >= 0.3 is 5.69 Å². The van der Waals surface area contributed by atoms with Crippen LogP contribution in [0, 0.1) is 6.92 Å². The second-order valence-corrected chi connectivity index (χ2v) is 5.10. The van der Waals surface area contributed by atoms with Gasteiger partial charge < -0.3 is 9.47 Å². The van der Waals surface area contributed by atoms with Crippen molar-refractivity contribution < 1.29 is 9.47 Å². The molecule has 0 aliphatic heterocycles. The molecule has 7 heteroatoms. The normalized spacial score (nSPS) is 11.6. The molecule has 1 N–H and O–H groups in total. The predicted molar refractivity (Wildman–Crippen MR) is 69.2 cm³/mol. The Hall–Kier alpha value is -1.44. The van der Waals surface area contributed by atoms with Crippen molar-refractivity contribution in [3.8, 4) is 0 Å². The molecule has 0 radical (unpaired) electrons. The molecule has 0 aliphatic carbocycles. The van der Waals surface area contributed by atoms with Gasteiger partial charge in [0, 0.05) is 19.1 Å². The zero-order valence-corrected chi connectivity index (χ0v) is 11.2. The van der Waals surface area contributed by atoms with Gasteiger partial charge in [-0.25, -0.2) is 4.79 Å². The zero-order valence-electron chi connectivity index (χ0n) is 10.4. The van der Waals surface area contributed by atoms with Crippen LogP contribution in [0.4, 0.5) is 0 Å². The number of aryl methyl sites for hydroxylation is 1. The second-order valence-electron chi connectivity index (χ2n) is 3.85. The number of hydrogen-bond donors (Lipinski definition) is 1. The number of H-pyrrole nitrogens is 1. The minimum absolute atomic E-state index is 0.0615. The summed E-state index contributed by atoms with van der Waals surface area (Å²) in [4.78, 5) is 28.3. The van der Waals surface area contributed by atoms with Gasteiger partial charge in [0.05, 0.1) is 11.9 Å². The van der Waals surface area contributed by atoms with Crippen LogP contribution in [0.25, 0.3) is 10.2 Å². The minimum Gasteiger partial charge on any atom is -0.354 e. The molecule has 0 saturated heterocycles. The van der Waals surface area contributed by atoms with Crippen LogP contribution in [-0.4, -0.2) is 30.1 Å². The fourth-order valence-corrected chi connectivity index (χ4v) is 2.62. The first kappa shape index (κ1) is 13.0. The quantitative estimate of drug-likeness (QED) is 0.829. The predicted octanol–water partition coefficient (Wildman–Crippen LogP) is 0.679. The summed E-state index contributed by atoms with van der Waals surface area (Å²) in [6.45, 7) is 1.95. The minimum atomic E-state index is -0.624. The van der Waals surface area contributed by atoms with Crippen molar-refractivity contribution in [2.24, 2.45) is 0 Å². The topological polar surface area (TPSA) is 73.3 Å². The average molecular weight is 270 g/mol. The smallest absolute Gasteiger partial charge is 0.329 e. The van der Waals surface area contributed by atoms with Crippen LogP contribution in [0.3, 0.4) is 0 Å². The van der Waals surface area contributed by atoms with Gasteiger partial charge in [-0.15, -0.1) is 11.3 Å².